The molecule has 9 nitrogen and oxygen atoms in total. The van der Waals surface area contributed by atoms with Gasteiger partial charge in [0.05, 0.1) is 12.7 Å². The first-order valence-corrected chi connectivity index (χ1v) is 18.9. The average Bonchev–Trinajstić information content (AvgIpc) is 3.77. The number of aryl methyl sites for hydroxylation is 1. The molecule has 1 atom stereocenters. The third kappa shape index (κ3) is 8.11. The lowest BCUT2D eigenvalue weighted by Crippen LogP contribution is -2.30. The number of thioether (sulfide) groups is 1. The summed E-state index contributed by atoms with van der Waals surface area (Å²) in [6, 6.07) is 33.0. The van der Waals surface area contributed by atoms with Crippen LogP contribution in [-0.2, 0) is 27.2 Å². The van der Waals surface area contributed by atoms with E-state index in [-0.39, 0.29) is 11.6 Å². The highest BCUT2D eigenvalue weighted by Gasteiger charge is 2.30. The van der Waals surface area contributed by atoms with Crippen LogP contribution < -0.4 is 16.0 Å². The molecule has 0 bridgehead atoms. The SMILES string of the molecule is COC(=O)c1c(NC(=O)C(Sc2cccc(NC(=O)/C(=C/c3c[nH]c4ccccc34)NC(=O)c3ccccc3)c2)c2ccccc2)sc2c1CCCC2. The van der Waals surface area contributed by atoms with Crippen LogP contribution in [0.25, 0.3) is 17.0 Å². The summed E-state index contributed by atoms with van der Waals surface area (Å²) in [6.45, 7) is 0. The molecule has 6 aromatic rings. The van der Waals surface area contributed by atoms with E-state index in [2.05, 4.69) is 20.9 Å². The Hall–Kier alpha value is -5.91. The fourth-order valence-electron chi connectivity index (χ4n) is 6.34. The Morgan fingerprint density at radius 1 is 0.849 bits per heavy atom. The summed E-state index contributed by atoms with van der Waals surface area (Å²) in [5, 5.41) is 9.53. The molecule has 0 spiro atoms. The molecule has 53 heavy (non-hydrogen) atoms. The van der Waals surface area contributed by atoms with Crippen molar-refractivity contribution in [2.75, 3.05) is 17.7 Å². The Labute approximate surface area is 314 Å². The van der Waals surface area contributed by atoms with Crippen molar-refractivity contribution in [3.8, 4) is 0 Å². The number of carbonyl (C=O) groups is 4. The maximum atomic E-state index is 14.1. The van der Waals surface area contributed by atoms with Crippen LogP contribution in [0.1, 0.15) is 60.4 Å². The maximum Gasteiger partial charge on any atom is 0.341 e. The van der Waals surface area contributed by atoms with Crippen LogP contribution in [0.15, 0.2) is 126 Å². The number of nitrogens with one attached hydrogen (secondary N) is 4. The molecule has 0 fully saturated rings. The number of amides is 3. The van der Waals surface area contributed by atoms with Crippen molar-refractivity contribution >= 4 is 74.5 Å². The van der Waals surface area contributed by atoms with Gasteiger partial charge in [0.1, 0.15) is 15.9 Å². The van der Waals surface area contributed by atoms with Crippen LogP contribution in [0.3, 0.4) is 0 Å². The monoisotopic (exact) mass is 740 g/mol. The van der Waals surface area contributed by atoms with Crippen molar-refractivity contribution in [1.82, 2.24) is 10.3 Å². The van der Waals surface area contributed by atoms with Crippen molar-refractivity contribution < 1.29 is 23.9 Å². The number of aromatic amines is 1. The van der Waals surface area contributed by atoms with Gasteiger partial charge in [-0.2, -0.15) is 0 Å². The molecule has 2 heterocycles. The minimum atomic E-state index is -0.686. The van der Waals surface area contributed by atoms with E-state index in [0.29, 0.717) is 21.8 Å². The molecule has 11 heteroatoms. The second-order valence-corrected chi connectivity index (χ2v) is 14.7. The van der Waals surface area contributed by atoms with Gasteiger partial charge in [-0.05, 0) is 79.3 Å². The summed E-state index contributed by atoms with van der Waals surface area (Å²) in [4.78, 5) is 59.2. The summed E-state index contributed by atoms with van der Waals surface area (Å²) in [7, 11) is 1.35. The highest BCUT2D eigenvalue weighted by molar-refractivity contribution is 8.00. The maximum absolute atomic E-state index is 14.1. The van der Waals surface area contributed by atoms with Crippen LogP contribution in [0.4, 0.5) is 10.7 Å². The summed E-state index contributed by atoms with van der Waals surface area (Å²) < 4.78 is 5.12. The number of hydrogen-bond donors (Lipinski definition) is 4. The van der Waals surface area contributed by atoms with E-state index in [0.717, 1.165) is 63.0 Å². The first-order chi connectivity index (χ1) is 25.9. The van der Waals surface area contributed by atoms with E-state index in [1.54, 1.807) is 54.7 Å². The molecule has 7 rings (SSSR count). The number of benzene rings is 4. The fourth-order valence-corrected chi connectivity index (χ4v) is 8.71. The minimum absolute atomic E-state index is 0.0586. The van der Waals surface area contributed by atoms with Gasteiger partial charge in [-0.1, -0.05) is 72.8 Å². The first-order valence-electron chi connectivity index (χ1n) is 17.2. The highest BCUT2D eigenvalue weighted by Crippen LogP contribution is 2.41. The molecule has 0 aliphatic heterocycles. The number of carbonyl (C=O) groups excluding carboxylic acids is 4. The molecule has 4 N–H and O–H groups in total. The molecule has 0 radical (unpaired) electrons. The Kier molecular flexibility index (Phi) is 10.8. The van der Waals surface area contributed by atoms with Crippen molar-refractivity contribution in [3.63, 3.8) is 0 Å². The molecule has 1 aliphatic rings. The number of anilines is 2. The number of esters is 1. The standard InChI is InChI=1S/C42H36N4O5S2/c1-51-42(50)36-32-20-9-11-22-35(32)53-41(36)46-40(49)37(26-13-4-2-5-14-26)52-30-18-12-17-29(24-30)44-39(48)34(45-38(47)27-15-6-3-7-16-27)23-28-25-43-33-21-10-8-19-31(28)33/h2-8,10,12-19,21,23-25,37,43H,9,11,20,22H2,1H3,(H,44,48)(H,45,47)(H,46,49)/b34-23-. The van der Waals surface area contributed by atoms with E-state index in [9.17, 15) is 19.2 Å². The molecule has 4 aromatic carbocycles. The molecule has 266 valence electrons. The lowest BCUT2D eigenvalue weighted by molar-refractivity contribution is -0.116. The van der Waals surface area contributed by atoms with Crippen LogP contribution in [0.5, 0.6) is 0 Å². The second kappa shape index (κ2) is 16.2. The quantitative estimate of drug-likeness (QED) is 0.0597. The summed E-state index contributed by atoms with van der Waals surface area (Å²) in [5.41, 5.74) is 4.77. The fraction of sp³-hybridized carbons (Fsp3) is 0.143. The van der Waals surface area contributed by atoms with Crippen molar-refractivity contribution in [1.29, 1.82) is 0 Å². The molecular weight excluding hydrogens is 705 g/mol. The van der Waals surface area contributed by atoms with Gasteiger partial charge >= 0.3 is 5.97 Å². The van der Waals surface area contributed by atoms with Gasteiger partial charge in [0.25, 0.3) is 11.8 Å². The van der Waals surface area contributed by atoms with Gasteiger partial charge in [0.15, 0.2) is 0 Å². The van der Waals surface area contributed by atoms with Crippen molar-refractivity contribution in [2.45, 2.75) is 35.8 Å². The second-order valence-electron chi connectivity index (χ2n) is 12.5. The average molecular weight is 741 g/mol. The van der Waals surface area contributed by atoms with E-state index in [4.69, 9.17) is 4.74 Å². The third-order valence-electron chi connectivity index (χ3n) is 8.93. The number of aromatic nitrogens is 1. The topological polar surface area (TPSA) is 129 Å². The van der Waals surface area contributed by atoms with Crippen LogP contribution in [0, 0.1) is 0 Å². The van der Waals surface area contributed by atoms with E-state index in [1.807, 2.05) is 66.7 Å². The molecule has 3 amide bonds. The number of fused-ring (bicyclic) bond motifs is 2. The lowest BCUT2D eigenvalue weighted by atomic mass is 9.95. The highest BCUT2D eigenvalue weighted by atomic mass is 32.2. The summed E-state index contributed by atoms with van der Waals surface area (Å²) in [6.07, 6.45) is 7.10. The summed E-state index contributed by atoms with van der Waals surface area (Å²) in [5.74, 6) is -1.68. The van der Waals surface area contributed by atoms with E-state index in [1.165, 1.54) is 30.2 Å². The molecule has 1 aliphatic carbocycles. The van der Waals surface area contributed by atoms with Gasteiger partial charge in [-0.3, -0.25) is 14.4 Å². The Balaban J connectivity index is 1.15. The van der Waals surface area contributed by atoms with Crippen molar-refractivity contribution in [2.24, 2.45) is 0 Å². The Bertz CT molecular complexity index is 2330. The van der Waals surface area contributed by atoms with Gasteiger partial charge < -0.3 is 25.7 Å². The van der Waals surface area contributed by atoms with Crippen LogP contribution >= 0.6 is 23.1 Å². The molecule has 0 saturated carbocycles. The Morgan fingerprint density at radius 2 is 1.58 bits per heavy atom. The predicted molar refractivity (Wildman–Crippen MR) is 211 cm³/mol. The van der Waals surface area contributed by atoms with Crippen LogP contribution in [-0.4, -0.2) is 35.8 Å². The third-order valence-corrected chi connectivity index (χ3v) is 11.4. The largest absolute Gasteiger partial charge is 0.465 e. The van der Waals surface area contributed by atoms with E-state index < -0.39 is 23.0 Å². The normalized spacial score (nSPS) is 13.1. The zero-order valence-corrected chi connectivity index (χ0v) is 30.4. The lowest BCUT2D eigenvalue weighted by Gasteiger charge is -2.18. The number of H-pyrrole nitrogens is 1. The zero-order valence-electron chi connectivity index (χ0n) is 28.8. The smallest absolute Gasteiger partial charge is 0.341 e. The number of rotatable bonds is 11. The van der Waals surface area contributed by atoms with Crippen molar-refractivity contribution in [3.05, 3.63) is 154 Å². The van der Waals surface area contributed by atoms with Gasteiger partial charge in [0.2, 0.25) is 5.91 Å². The predicted octanol–water partition coefficient (Wildman–Crippen LogP) is 8.78. The van der Waals surface area contributed by atoms with Gasteiger partial charge in [-0.25, -0.2) is 4.79 Å². The summed E-state index contributed by atoms with van der Waals surface area (Å²) >= 11 is 2.77. The minimum Gasteiger partial charge on any atom is -0.465 e. The molecule has 1 unspecified atom stereocenters. The van der Waals surface area contributed by atoms with Gasteiger partial charge in [0, 0.05) is 43.7 Å². The Morgan fingerprint density at radius 3 is 2.38 bits per heavy atom. The molecular formula is C42H36N4O5S2. The number of para-hydroxylation sites is 1. The van der Waals surface area contributed by atoms with Gasteiger partial charge in [-0.15, -0.1) is 23.1 Å². The molecule has 2 aromatic heterocycles. The molecule has 0 saturated heterocycles. The number of methoxy groups -OCH3 is 1. The van der Waals surface area contributed by atoms with E-state index >= 15 is 0 Å². The van der Waals surface area contributed by atoms with Crippen LogP contribution in [0.2, 0.25) is 0 Å². The first kappa shape index (κ1) is 35.5. The number of ether oxygens (including phenoxy) is 1. The zero-order chi connectivity index (χ0) is 36.7. The number of hydrogen-bond acceptors (Lipinski definition) is 7. The number of thiophene rings is 1.